The van der Waals surface area contributed by atoms with E-state index >= 15 is 0 Å². The minimum Gasteiger partial charge on any atom is -0.492 e. The van der Waals surface area contributed by atoms with E-state index in [-0.39, 0.29) is 11.7 Å². The average Bonchev–Trinajstić information content (AvgIpc) is 2.97. The first-order valence-corrected chi connectivity index (χ1v) is 7.66. The molecule has 0 radical (unpaired) electrons. The van der Waals surface area contributed by atoms with Gasteiger partial charge in [0.15, 0.2) is 5.56 Å². The number of anilines is 1. The number of carbonyl (C=O) groups is 1. The Kier molecular flexibility index (Phi) is 4.02. The summed E-state index contributed by atoms with van der Waals surface area (Å²) in [6.45, 7) is 3.96. The number of aromatic amines is 1. The number of nitrogens with one attached hydrogen (secondary N) is 2. The zero-order valence-electron chi connectivity index (χ0n) is 13.0. The number of aromatic nitrogens is 3. The molecule has 0 aliphatic heterocycles. The highest BCUT2D eigenvalue weighted by molar-refractivity contribution is 6.34. The van der Waals surface area contributed by atoms with Crippen molar-refractivity contribution in [2.75, 3.05) is 5.32 Å². The normalized spacial score (nSPS) is 11.2. The number of amides is 1. The lowest BCUT2D eigenvalue weighted by molar-refractivity contribution is 0.102. The summed E-state index contributed by atoms with van der Waals surface area (Å²) in [6.07, 6.45) is 2.90. The molecule has 3 aromatic rings. The van der Waals surface area contributed by atoms with Crippen molar-refractivity contribution in [1.29, 1.82) is 0 Å². The largest absolute Gasteiger partial charge is 0.492 e. The molecule has 0 atom stereocenters. The molecule has 0 spiro atoms. The summed E-state index contributed by atoms with van der Waals surface area (Å²) < 4.78 is 1.14. The lowest BCUT2D eigenvalue weighted by Crippen LogP contribution is -2.26. The van der Waals surface area contributed by atoms with E-state index < -0.39 is 22.9 Å². The molecule has 124 valence electrons. The zero-order chi connectivity index (χ0) is 17.4. The van der Waals surface area contributed by atoms with Gasteiger partial charge in [-0.15, -0.1) is 0 Å². The number of rotatable bonds is 3. The van der Waals surface area contributed by atoms with E-state index in [1.807, 2.05) is 19.9 Å². The Hall–Kier alpha value is -2.80. The molecule has 0 bridgehead atoms. The van der Waals surface area contributed by atoms with E-state index in [4.69, 9.17) is 11.6 Å². The predicted octanol–water partition coefficient (Wildman–Crippen LogP) is 2.76. The molecule has 0 saturated heterocycles. The van der Waals surface area contributed by atoms with Crippen molar-refractivity contribution in [3.63, 3.8) is 0 Å². The van der Waals surface area contributed by atoms with Gasteiger partial charge in [-0.25, -0.2) is 0 Å². The summed E-state index contributed by atoms with van der Waals surface area (Å²) in [6, 6.07) is 5.25. The Morgan fingerprint density at radius 3 is 2.88 bits per heavy atom. The van der Waals surface area contributed by atoms with Crippen LogP contribution in [-0.4, -0.2) is 25.4 Å². The van der Waals surface area contributed by atoms with E-state index in [0.717, 1.165) is 9.96 Å². The van der Waals surface area contributed by atoms with Crippen molar-refractivity contribution in [2.24, 2.45) is 0 Å². The monoisotopic (exact) mass is 346 g/mol. The smallest absolute Gasteiger partial charge is 0.275 e. The molecule has 8 heteroatoms. The van der Waals surface area contributed by atoms with E-state index in [0.29, 0.717) is 10.7 Å². The van der Waals surface area contributed by atoms with Gasteiger partial charge >= 0.3 is 0 Å². The number of carbonyl (C=O) groups excluding carboxylic acids is 1. The standard InChI is InChI=1S/C16H15ClN4O3/c1-8(2)9-4-3-5-10(12(9)17)19-13(22)11-14(23)20-16-18-6-7-21(16)15(11)24/h3-8,23H,1-2H3,(H,18,20)(H,19,22). The lowest BCUT2D eigenvalue weighted by Gasteiger charge is -2.13. The number of nitrogens with zero attached hydrogens (tertiary/aromatic N) is 2. The molecule has 24 heavy (non-hydrogen) atoms. The topological polar surface area (TPSA) is 99.5 Å². The van der Waals surface area contributed by atoms with Gasteiger partial charge in [-0.1, -0.05) is 37.6 Å². The first-order valence-electron chi connectivity index (χ1n) is 7.28. The van der Waals surface area contributed by atoms with Gasteiger partial charge in [-0.05, 0) is 17.5 Å². The number of H-pyrrole nitrogens is 1. The third-order valence-electron chi connectivity index (χ3n) is 3.66. The van der Waals surface area contributed by atoms with Gasteiger partial charge in [0.2, 0.25) is 11.7 Å². The van der Waals surface area contributed by atoms with Gasteiger partial charge in [0, 0.05) is 12.4 Å². The zero-order valence-corrected chi connectivity index (χ0v) is 13.8. The molecule has 3 rings (SSSR count). The van der Waals surface area contributed by atoms with Crippen LogP contribution < -0.4 is 10.9 Å². The number of fused-ring (bicyclic) bond motifs is 1. The average molecular weight is 347 g/mol. The predicted molar refractivity (Wildman–Crippen MR) is 91.0 cm³/mol. The number of aromatic hydroxyl groups is 1. The maximum absolute atomic E-state index is 12.5. The van der Waals surface area contributed by atoms with Crippen molar-refractivity contribution < 1.29 is 9.90 Å². The number of halogens is 1. The Morgan fingerprint density at radius 2 is 2.17 bits per heavy atom. The molecule has 1 amide bonds. The van der Waals surface area contributed by atoms with Crippen molar-refractivity contribution in [1.82, 2.24) is 14.4 Å². The second kappa shape index (κ2) is 6.01. The molecular formula is C16H15ClN4O3. The lowest BCUT2D eigenvalue weighted by atomic mass is 10.0. The van der Waals surface area contributed by atoms with Gasteiger partial charge in [0.05, 0.1) is 10.7 Å². The van der Waals surface area contributed by atoms with Crippen LogP contribution in [0, 0.1) is 0 Å². The van der Waals surface area contributed by atoms with Crippen molar-refractivity contribution in [2.45, 2.75) is 19.8 Å². The van der Waals surface area contributed by atoms with Gasteiger partial charge in [0.25, 0.3) is 11.5 Å². The number of hydrogen-bond donors (Lipinski definition) is 3. The second-order valence-electron chi connectivity index (χ2n) is 5.59. The summed E-state index contributed by atoms with van der Waals surface area (Å²) in [7, 11) is 0. The van der Waals surface area contributed by atoms with E-state index in [1.54, 1.807) is 12.1 Å². The van der Waals surface area contributed by atoms with Gasteiger partial charge in [0.1, 0.15) is 0 Å². The summed E-state index contributed by atoms with van der Waals surface area (Å²) in [5.74, 6) is -1.10. The van der Waals surface area contributed by atoms with Gasteiger partial charge in [-0.3, -0.25) is 14.0 Å². The van der Waals surface area contributed by atoms with Crippen LogP contribution in [0.1, 0.15) is 35.7 Å². The quantitative estimate of drug-likeness (QED) is 0.679. The van der Waals surface area contributed by atoms with Gasteiger partial charge < -0.3 is 15.4 Å². The summed E-state index contributed by atoms with van der Waals surface area (Å²) in [5, 5.41) is 12.9. The third kappa shape index (κ3) is 2.63. The summed E-state index contributed by atoms with van der Waals surface area (Å²) >= 11 is 6.31. The highest BCUT2D eigenvalue weighted by atomic mass is 35.5. The fraction of sp³-hybridized carbons (Fsp3) is 0.188. The van der Waals surface area contributed by atoms with Crippen molar-refractivity contribution in [3.8, 4) is 5.88 Å². The van der Waals surface area contributed by atoms with E-state index in [2.05, 4.69) is 15.3 Å². The Morgan fingerprint density at radius 1 is 1.42 bits per heavy atom. The highest BCUT2D eigenvalue weighted by Gasteiger charge is 2.21. The fourth-order valence-electron chi connectivity index (χ4n) is 2.42. The van der Waals surface area contributed by atoms with Crippen LogP contribution in [0.3, 0.4) is 0 Å². The minimum absolute atomic E-state index is 0.147. The van der Waals surface area contributed by atoms with Crippen LogP contribution >= 0.6 is 11.6 Å². The van der Waals surface area contributed by atoms with Crippen LogP contribution in [0.2, 0.25) is 5.02 Å². The third-order valence-corrected chi connectivity index (χ3v) is 4.08. The molecular weight excluding hydrogens is 332 g/mol. The molecule has 3 N–H and O–H groups in total. The van der Waals surface area contributed by atoms with Crippen molar-refractivity contribution >= 4 is 29.0 Å². The van der Waals surface area contributed by atoms with Gasteiger partial charge in [-0.2, -0.15) is 4.98 Å². The molecule has 0 saturated carbocycles. The minimum atomic E-state index is -0.775. The Bertz CT molecular complexity index is 991. The molecule has 1 aromatic carbocycles. The molecule has 0 aliphatic rings. The SMILES string of the molecule is CC(C)c1cccc(NC(=O)c2c(O)nc3[nH]ccn3c2=O)c1Cl. The summed E-state index contributed by atoms with van der Waals surface area (Å²) in [4.78, 5) is 31.3. The van der Waals surface area contributed by atoms with Crippen LogP contribution in [0.5, 0.6) is 5.88 Å². The van der Waals surface area contributed by atoms with Crippen molar-refractivity contribution in [3.05, 3.63) is 57.1 Å². The number of hydrogen-bond acceptors (Lipinski definition) is 4. The van der Waals surface area contributed by atoms with E-state index in [1.165, 1.54) is 12.4 Å². The molecule has 0 aliphatic carbocycles. The number of benzene rings is 1. The Balaban J connectivity index is 2.03. The molecule has 2 heterocycles. The van der Waals surface area contributed by atoms with Crippen LogP contribution in [0.25, 0.3) is 5.78 Å². The fourth-order valence-corrected chi connectivity index (χ4v) is 2.82. The van der Waals surface area contributed by atoms with Crippen LogP contribution in [0.4, 0.5) is 5.69 Å². The maximum Gasteiger partial charge on any atom is 0.275 e. The molecule has 0 unspecified atom stereocenters. The second-order valence-corrected chi connectivity index (χ2v) is 5.96. The molecule has 0 fully saturated rings. The summed E-state index contributed by atoms with van der Waals surface area (Å²) in [5.41, 5.74) is 0.117. The van der Waals surface area contributed by atoms with E-state index in [9.17, 15) is 14.7 Å². The molecule has 7 nitrogen and oxygen atoms in total. The maximum atomic E-state index is 12.5. The highest BCUT2D eigenvalue weighted by Crippen LogP contribution is 2.31. The molecule has 2 aromatic heterocycles. The van der Waals surface area contributed by atoms with Crippen LogP contribution in [0.15, 0.2) is 35.4 Å². The number of imidazole rings is 1. The first kappa shape index (κ1) is 16.1. The first-order chi connectivity index (χ1) is 11.4. The Labute approximate surface area is 141 Å². The van der Waals surface area contributed by atoms with Crippen LogP contribution in [-0.2, 0) is 0 Å².